The molecule has 1 aliphatic heterocycles. The van der Waals surface area contributed by atoms with Gasteiger partial charge in [-0.05, 0) is 12.5 Å². The van der Waals surface area contributed by atoms with Gasteiger partial charge in [0, 0.05) is 26.2 Å². The van der Waals surface area contributed by atoms with Crippen molar-refractivity contribution in [2.45, 2.75) is 45.2 Å². The molecule has 0 spiro atoms. The third-order valence-electron chi connectivity index (χ3n) is 3.68. The van der Waals surface area contributed by atoms with Crippen molar-refractivity contribution in [1.82, 2.24) is 20.0 Å². The summed E-state index contributed by atoms with van der Waals surface area (Å²) in [4.78, 5) is 25.6. The standard InChI is InChI=1S/C14H22N4O2/c1-3-4-5-14(20)17-9-11-6-7-16-18(11)12(10-17)8-13(19)15-2/h6-7,12H,3-5,8-10H2,1-2H3,(H,15,19). The number of aromatic nitrogens is 2. The molecular formula is C14H22N4O2. The van der Waals surface area contributed by atoms with Crippen LogP contribution in [0.3, 0.4) is 0 Å². The highest BCUT2D eigenvalue weighted by Crippen LogP contribution is 2.23. The van der Waals surface area contributed by atoms with Crippen LogP contribution in [0.15, 0.2) is 12.3 Å². The minimum Gasteiger partial charge on any atom is -0.359 e. The SMILES string of the molecule is CCCCC(=O)N1Cc2ccnn2C(CC(=O)NC)C1. The predicted octanol–water partition coefficient (Wildman–Crippen LogP) is 1.09. The molecule has 0 saturated carbocycles. The summed E-state index contributed by atoms with van der Waals surface area (Å²) in [7, 11) is 1.62. The van der Waals surface area contributed by atoms with Crippen molar-refractivity contribution in [3.63, 3.8) is 0 Å². The average Bonchev–Trinajstić information content (AvgIpc) is 2.93. The zero-order valence-electron chi connectivity index (χ0n) is 12.1. The highest BCUT2D eigenvalue weighted by Gasteiger charge is 2.29. The van der Waals surface area contributed by atoms with Crippen molar-refractivity contribution < 1.29 is 9.59 Å². The molecule has 110 valence electrons. The van der Waals surface area contributed by atoms with E-state index in [1.165, 1.54) is 0 Å². The van der Waals surface area contributed by atoms with E-state index >= 15 is 0 Å². The van der Waals surface area contributed by atoms with Gasteiger partial charge in [0.1, 0.15) is 0 Å². The summed E-state index contributed by atoms with van der Waals surface area (Å²) >= 11 is 0. The van der Waals surface area contributed by atoms with Gasteiger partial charge in [0.05, 0.1) is 24.7 Å². The van der Waals surface area contributed by atoms with Crippen LogP contribution in [-0.2, 0) is 16.1 Å². The summed E-state index contributed by atoms with van der Waals surface area (Å²) < 4.78 is 1.87. The zero-order chi connectivity index (χ0) is 14.5. The van der Waals surface area contributed by atoms with Crippen molar-refractivity contribution in [3.05, 3.63) is 18.0 Å². The second kappa shape index (κ2) is 6.54. The van der Waals surface area contributed by atoms with Crippen molar-refractivity contribution in [2.75, 3.05) is 13.6 Å². The molecule has 1 atom stereocenters. The molecule has 1 aromatic heterocycles. The number of carbonyl (C=O) groups is 2. The summed E-state index contributed by atoms with van der Waals surface area (Å²) in [5.41, 5.74) is 0.995. The van der Waals surface area contributed by atoms with Crippen LogP contribution in [0.2, 0.25) is 0 Å². The predicted molar refractivity (Wildman–Crippen MR) is 74.9 cm³/mol. The Kier molecular flexibility index (Phi) is 4.76. The Hall–Kier alpha value is -1.85. The molecule has 2 heterocycles. The van der Waals surface area contributed by atoms with Crippen LogP contribution >= 0.6 is 0 Å². The molecule has 1 aliphatic rings. The van der Waals surface area contributed by atoms with Crippen LogP contribution in [-0.4, -0.2) is 40.1 Å². The molecule has 0 saturated heterocycles. The first-order valence-electron chi connectivity index (χ1n) is 7.16. The van der Waals surface area contributed by atoms with Crippen LogP contribution in [0.1, 0.15) is 44.3 Å². The van der Waals surface area contributed by atoms with E-state index in [4.69, 9.17) is 0 Å². The number of unbranched alkanes of at least 4 members (excludes halogenated alkanes) is 1. The van der Waals surface area contributed by atoms with Gasteiger partial charge in [0.2, 0.25) is 11.8 Å². The molecule has 6 nitrogen and oxygen atoms in total. The summed E-state index contributed by atoms with van der Waals surface area (Å²) in [5.74, 6) is 0.139. The lowest BCUT2D eigenvalue weighted by Gasteiger charge is -2.33. The summed E-state index contributed by atoms with van der Waals surface area (Å²) in [6.07, 6.45) is 4.58. The molecule has 0 aromatic carbocycles. The minimum atomic E-state index is -0.0701. The Labute approximate surface area is 119 Å². The molecule has 0 aliphatic carbocycles. The summed E-state index contributed by atoms with van der Waals surface area (Å²) in [6.45, 7) is 3.23. The molecule has 0 fully saturated rings. The molecule has 0 bridgehead atoms. The second-order valence-electron chi connectivity index (χ2n) is 5.18. The van der Waals surface area contributed by atoms with Gasteiger partial charge in [-0.25, -0.2) is 0 Å². The summed E-state index contributed by atoms with van der Waals surface area (Å²) in [6, 6.07) is 1.84. The van der Waals surface area contributed by atoms with E-state index in [1.54, 1.807) is 13.2 Å². The van der Waals surface area contributed by atoms with E-state index < -0.39 is 0 Å². The fourth-order valence-electron chi connectivity index (χ4n) is 2.53. The van der Waals surface area contributed by atoms with E-state index in [9.17, 15) is 9.59 Å². The van der Waals surface area contributed by atoms with Crippen molar-refractivity contribution in [1.29, 1.82) is 0 Å². The van der Waals surface area contributed by atoms with Crippen LogP contribution in [0.5, 0.6) is 0 Å². The number of nitrogens with zero attached hydrogens (tertiary/aromatic N) is 3. The molecule has 1 unspecified atom stereocenters. The smallest absolute Gasteiger partial charge is 0.222 e. The number of hydrogen-bond donors (Lipinski definition) is 1. The number of rotatable bonds is 5. The first-order chi connectivity index (χ1) is 9.65. The Morgan fingerprint density at radius 1 is 1.50 bits per heavy atom. The fourth-order valence-corrected chi connectivity index (χ4v) is 2.53. The van der Waals surface area contributed by atoms with E-state index in [-0.39, 0.29) is 17.9 Å². The maximum atomic E-state index is 12.2. The molecule has 2 rings (SSSR count). The van der Waals surface area contributed by atoms with Crippen LogP contribution < -0.4 is 5.32 Å². The molecule has 0 radical (unpaired) electrons. The van der Waals surface area contributed by atoms with Crippen molar-refractivity contribution in [2.24, 2.45) is 0 Å². The van der Waals surface area contributed by atoms with Gasteiger partial charge in [-0.2, -0.15) is 5.10 Å². The van der Waals surface area contributed by atoms with E-state index in [1.807, 2.05) is 15.6 Å². The molecule has 1 N–H and O–H groups in total. The average molecular weight is 278 g/mol. The third kappa shape index (κ3) is 3.18. The number of amides is 2. The van der Waals surface area contributed by atoms with Gasteiger partial charge in [-0.15, -0.1) is 0 Å². The van der Waals surface area contributed by atoms with Gasteiger partial charge in [0.25, 0.3) is 0 Å². The third-order valence-corrected chi connectivity index (χ3v) is 3.68. The minimum absolute atomic E-state index is 0.0284. The lowest BCUT2D eigenvalue weighted by molar-refractivity contribution is -0.134. The van der Waals surface area contributed by atoms with E-state index in [0.29, 0.717) is 25.9 Å². The van der Waals surface area contributed by atoms with E-state index in [0.717, 1.165) is 18.5 Å². The summed E-state index contributed by atoms with van der Waals surface area (Å²) in [5, 5.41) is 6.91. The van der Waals surface area contributed by atoms with Crippen LogP contribution in [0.4, 0.5) is 0 Å². The normalized spacial score (nSPS) is 17.7. The molecule has 6 heteroatoms. The number of nitrogens with one attached hydrogen (secondary N) is 1. The van der Waals surface area contributed by atoms with Gasteiger partial charge >= 0.3 is 0 Å². The van der Waals surface area contributed by atoms with Crippen molar-refractivity contribution in [3.8, 4) is 0 Å². The highest BCUT2D eigenvalue weighted by atomic mass is 16.2. The Morgan fingerprint density at radius 3 is 3.00 bits per heavy atom. The largest absolute Gasteiger partial charge is 0.359 e. The van der Waals surface area contributed by atoms with Gasteiger partial charge < -0.3 is 10.2 Å². The Morgan fingerprint density at radius 2 is 2.30 bits per heavy atom. The number of carbonyl (C=O) groups excluding carboxylic acids is 2. The number of fused-ring (bicyclic) bond motifs is 1. The number of hydrogen-bond acceptors (Lipinski definition) is 3. The lowest BCUT2D eigenvalue weighted by atomic mass is 10.1. The van der Waals surface area contributed by atoms with E-state index in [2.05, 4.69) is 17.3 Å². The molecule has 20 heavy (non-hydrogen) atoms. The van der Waals surface area contributed by atoms with Crippen LogP contribution in [0.25, 0.3) is 0 Å². The zero-order valence-corrected chi connectivity index (χ0v) is 12.1. The highest BCUT2D eigenvalue weighted by molar-refractivity contribution is 5.77. The molecule has 1 aromatic rings. The van der Waals surface area contributed by atoms with Gasteiger partial charge in [0.15, 0.2) is 0 Å². The molecule has 2 amide bonds. The fraction of sp³-hybridized carbons (Fsp3) is 0.643. The van der Waals surface area contributed by atoms with Gasteiger partial charge in [-0.3, -0.25) is 14.3 Å². The first-order valence-corrected chi connectivity index (χ1v) is 7.16. The van der Waals surface area contributed by atoms with Gasteiger partial charge in [-0.1, -0.05) is 13.3 Å². The van der Waals surface area contributed by atoms with Crippen molar-refractivity contribution >= 4 is 11.8 Å². The molecular weight excluding hydrogens is 256 g/mol. The lowest BCUT2D eigenvalue weighted by Crippen LogP contribution is -2.42. The topological polar surface area (TPSA) is 67.2 Å². The van der Waals surface area contributed by atoms with Crippen LogP contribution in [0, 0.1) is 0 Å². The quantitative estimate of drug-likeness (QED) is 0.876. The Balaban J connectivity index is 2.09. The maximum Gasteiger partial charge on any atom is 0.222 e. The second-order valence-corrected chi connectivity index (χ2v) is 5.18. The monoisotopic (exact) mass is 278 g/mol. The first kappa shape index (κ1) is 14.6. The maximum absolute atomic E-state index is 12.2. The Bertz CT molecular complexity index is 483.